The Labute approximate surface area is 127 Å². The highest BCUT2D eigenvalue weighted by molar-refractivity contribution is 5.79. The van der Waals surface area contributed by atoms with Gasteiger partial charge in [0.15, 0.2) is 12.6 Å². The molecule has 0 aromatic heterocycles. The van der Waals surface area contributed by atoms with Gasteiger partial charge >= 0.3 is 6.18 Å². The van der Waals surface area contributed by atoms with Crippen LogP contribution >= 0.6 is 0 Å². The number of hydrogen-bond acceptors (Lipinski definition) is 3. The van der Waals surface area contributed by atoms with E-state index in [2.05, 4.69) is 15.6 Å². The minimum absolute atomic E-state index is 0.194. The number of hydrogen-bond donors (Lipinski definition) is 2. The summed E-state index contributed by atoms with van der Waals surface area (Å²) in [5, 5.41) is 6.01. The number of halogens is 3. The molecule has 0 amide bonds. The molecule has 0 aliphatic carbocycles. The SMILES string of the molecule is CN=C(NCCOC)NCc1ccccc1OCC(F)(F)F. The van der Waals surface area contributed by atoms with Crippen LogP contribution in [0.5, 0.6) is 5.75 Å². The first-order valence-electron chi connectivity index (χ1n) is 6.67. The summed E-state index contributed by atoms with van der Waals surface area (Å²) in [4.78, 5) is 4.01. The Hall–Kier alpha value is -1.96. The summed E-state index contributed by atoms with van der Waals surface area (Å²) >= 11 is 0. The highest BCUT2D eigenvalue weighted by atomic mass is 19.4. The van der Waals surface area contributed by atoms with Crippen LogP contribution in [0.1, 0.15) is 5.56 Å². The van der Waals surface area contributed by atoms with E-state index in [0.29, 0.717) is 31.2 Å². The van der Waals surface area contributed by atoms with Crippen molar-refractivity contribution >= 4 is 5.96 Å². The lowest BCUT2D eigenvalue weighted by Crippen LogP contribution is -2.38. The molecule has 1 aromatic carbocycles. The molecule has 0 spiro atoms. The number of rotatable bonds is 7. The summed E-state index contributed by atoms with van der Waals surface area (Å²) in [5.74, 6) is 0.724. The number of methoxy groups -OCH3 is 1. The fourth-order valence-electron chi connectivity index (χ4n) is 1.62. The van der Waals surface area contributed by atoms with Crippen molar-refractivity contribution < 1.29 is 22.6 Å². The van der Waals surface area contributed by atoms with Crippen LogP contribution in [0.25, 0.3) is 0 Å². The van der Waals surface area contributed by atoms with Gasteiger partial charge in [0.05, 0.1) is 6.61 Å². The molecule has 0 heterocycles. The van der Waals surface area contributed by atoms with E-state index in [1.54, 1.807) is 32.4 Å². The first-order chi connectivity index (χ1) is 10.5. The Morgan fingerprint density at radius 3 is 2.59 bits per heavy atom. The van der Waals surface area contributed by atoms with Crippen molar-refractivity contribution in [2.75, 3.05) is 33.9 Å². The molecule has 22 heavy (non-hydrogen) atoms. The molecule has 8 heteroatoms. The number of alkyl halides is 3. The standard InChI is InChI=1S/C14H20F3N3O2/c1-18-13(19-7-8-21-2)20-9-11-5-3-4-6-12(11)22-10-14(15,16)17/h3-6H,7-10H2,1-2H3,(H2,18,19,20). The van der Waals surface area contributed by atoms with Gasteiger partial charge in [-0.2, -0.15) is 13.2 Å². The number of para-hydroxylation sites is 1. The van der Waals surface area contributed by atoms with Crippen LogP contribution < -0.4 is 15.4 Å². The van der Waals surface area contributed by atoms with Gasteiger partial charge in [-0.1, -0.05) is 18.2 Å². The smallest absolute Gasteiger partial charge is 0.422 e. The van der Waals surface area contributed by atoms with Crippen molar-refractivity contribution in [1.82, 2.24) is 10.6 Å². The topological polar surface area (TPSA) is 54.9 Å². The van der Waals surface area contributed by atoms with E-state index < -0.39 is 12.8 Å². The number of nitrogens with zero attached hydrogens (tertiary/aromatic N) is 1. The second-order valence-corrected chi connectivity index (χ2v) is 4.36. The van der Waals surface area contributed by atoms with Crippen molar-refractivity contribution in [2.24, 2.45) is 4.99 Å². The van der Waals surface area contributed by atoms with E-state index in [1.807, 2.05) is 0 Å². The predicted molar refractivity (Wildman–Crippen MR) is 78.1 cm³/mol. The fraction of sp³-hybridized carbons (Fsp3) is 0.500. The van der Waals surface area contributed by atoms with Crippen LogP contribution in [0.3, 0.4) is 0 Å². The van der Waals surface area contributed by atoms with Crippen LogP contribution in [0.15, 0.2) is 29.3 Å². The minimum Gasteiger partial charge on any atom is -0.484 e. The van der Waals surface area contributed by atoms with Gasteiger partial charge in [0.25, 0.3) is 0 Å². The van der Waals surface area contributed by atoms with Crippen molar-refractivity contribution in [2.45, 2.75) is 12.7 Å². The molecule has 5 nitrogen and oxygen atoms in total. The first kappa shape index (κ1) is 18.1. The number of ether oxygens (including phenoxy) is 2. The predicted octanol–water partition coefficient (Wildman–Crippen LogP) is 1.94. The van der Waals surface area contributed by atoms with E-state index >= 15 is 0 Å². The van der Waals surface area contributed by atoms with Gasteiger partial charge in [-0.3, -0.25) is 4.99 Å². The van der Waals surface area contributed by atoms with Crippen molar-refractivity contribution in [3.63, 3.8) is 0 Å². The molecule has 2 N–H and O–H groups in total. The molecule has 0 radical (unpaired) electrons. The van der Waals surface area contributed by atoms with Crippen LogP contribution in [-0.4, -0.2) is 46.1 Å². The Bertz CT molecular complexity index is 479. The average molecular weight is 319 g/mol. The van der Waals surface area contributed by atoms with Crippen LogP contribution in [0, 0.1) is 0 Å². The number of aliphatic imine (C=N–C) groups is 1. The molecule has 1 rings (SSSR count). The number of benzene rings is 1. The molecule has 0 unspecified atom stereocenters. The third-order valence-corrected chi connectivity index (χ3v) is 2.63. The molecule has 0 atom stereocenters. The highest BCUT2D eigenvalue weighted by Gasteiger charge is 2.28. The second-order valence-electron chi connectivity index (χ2n) is 4.36. The van der Waals surface area contributed by atoms with Crippen molar-refractivity contribution in [3.05, 3.63) is 29.8 Å². The largest absolute Gasteiger partial charge is 0.484 e. The third-order valence-electron chi connectivity index (χ3n) is 2.63. The summed E-state index contributed by atoms with van der Waals surface area (Å²) in [6.07, 6.45) is -4.36. The zero-order valence-corrected chi connectivity index (χ0v) is 12.5. The lowest BCUT2D eigenvalue weighted by atomic mass is 10.2. The molecule has 0 aliphatic heterocycles. The Kier molecular flexibility index (Phi) is 7.51. The maximum atomic E-state index is 12.2. The summed E-state index contributed by atoms with van der Waals surface area (Å²) in [5.41, 5.74) is 0.612. The van der Waals surface area contributed by atoms with E-state index in [1.165, 1.54) is 6.07 Å². The average Bonchev–Trinajstić information content (AvgIpc) is 2.48. The van der Waals surface area contributed by atoms with Gasteiger partial charge in [0.2, 0.25) is 0 Å². The quantitative estimate of drug-likeness (QED) is 0.458. The molecular weight excluding hydrogens is 299 g/mol. The monoisotopic (exact) mass is 319 g/mol. The van der Waals surface area contributed by atoms with Gasteiger partial charge in [-0.25, -0.2) is 0 Å². The van der Waals surface area contributed by atoms with Gasteiger partial charge < -0.3 is 20.1 Å². The zero-order valence-electron chi connectivity index (χ0n) is 12.5. The Morgan fingerprint density at radius 1 is 1.23 bits per heavy atom. The number of guanidine groups is 1. The van der Waals surface area contributed by atoms with Crippen molar-refractivity contribution in [1.29, 1.82) is 0 Å². The first-order valence-corrected chi connectivity index (χ1v) is 6.67. The van der Waals surface area contributed by atoms with E-state index in [4.69, 9.17) is 9.47 Å². The molecule has 1 aromatic rings. The highest BCUT2D eigenvalue weighted by Crippen LogP contribution is 2.21. The molecule has 0 fully saturated rings. The van der Waals surface area contributed by atoms with Crippen LogP contribution in [-0.2, 0) is 11.3 Å². The summed E-state index contributed by atoms with van der Waals surface area (Å²) in [7, 11) is 3.19. The molecule has 0 saturated heterocycles. The summed E-state index contributed by atoms with van der Waals surface area (Å²) < 4.78 is 46.4. The van der Waals surface area contributed by atoms with E-state index in [0.717, 1.165) is 0 Å². The molecule has 0 saturated carbocycles. The number of nitrogens with one attached hydrogen (secondary N) is 2. The molecular formula is C14H20F3N3O2. The summed E-state index contributed by atoms with van der Waals surface area (Å²) in [6.45, 7) is 0.0693. The maximum absolute atomic E-state index is 12.2. The van der Waals surface area contributed by atoms with Crippen LogP contribution in [0.2, 0.25) is 0 Å². The molecule has 0 bridgehead atoms. The van der Waals surface area contributed by atoms with E-state index in [9.17, 15) is 13.2 Å². The maximum Gasteiger partial charge on any atom is 0.422 e. The zero-order chi connectivity index (χ0) is 16.4. The van der Waals surface area contributed by atoms with E-state index in [-0.39, 0.29) is 5.75 Å². The fourth-order valence-corrected chi connectivity index (χ4v) is 1.62. The van der Waals surface area contributed by atoms with Gasteiger partial charge in [-0.05, 0) is 6.07 Å². The Morgan fingerprint density at radius 2 is 1.95 bits per heavy atom. The second kappa shape index (κ2) is 9.14. The third kappa shape index (κ3) is 7.16. The lowest BCUT2D eigenvalue weighted by Gasteiger charge is -2.15. The Balaban J connectivity index is 2.57. The van der Waals surface area contributed by atoms with Gasteiger partial charge in [0, 0.05) is 32.8 Å². The van der Waals surface area contributed by atoms with Gasteiger partial charge in [-0.15, -0.1) is 0 Å². The minimum atomic E-state index is -4.36. The molecule has 124 valence electrons. The normalized spacial score (nSPS) is 12.1. The van der Waals surface area contributed by atoms with Crippen LogP contribution in [0.4, 0.5) is 13.2 Å². The summed E-state index contributed by atoms with van der Waals surface area (Å²) in [6, 6.07) is 6.56. The lowest BCUT2D eigenvalue weighted by molar-refractivity contribution is -0.153. The van der Waals surface area contributed by atoms with Crippen molar-refractivity contribution in [3.8, 4) is 5.75 Å². The van der Waals surface area contributed by atoms with Gasteiger partial charge in [0.1, 0.15) is 5.75 Å². The molecule has 0 aliphatic rings.